The van der Waals surface area contributed by atoms with Crippen LogP contribution in [-0.2, 0) is 6.18 Å². The van der Waals surface area contributed by atoms with E-state index in [0.717, 1.165) is 11.8 Å². The fourth-order valence-electron chi connectivity index (χ4n) is 4.72. The SMILES string of the molecule is COc1ccc(-c2nc3c(C(=O)N(CCN(C)C(CO)c4ccsc4)C(C)C)cnn3c(C(F)(F)F)c2C)cc1. The van der Waals surface area contributed by atoms with Gasteiger partial charge in [-0.05, 0) is 74.5 Å². The molecule has 40 heavy (non-hydrogen) atoms. The van der Waals surface area contributed by atoms with E-state index in [0.29, 0.717) is 22.4 Å². The van der Waals surface area contributed by atoms with Gasteiger partial charge in [0.15, 0.2) is 11.3 Å². The number of thiophene rings is 1. The van der Waals surface area contributed by atoms with E-state index in [4.69, 9.17) is 4.74 Å². The number of methoxy groups -OCH3 is 1. The summed E-state index contributed by atoms with van der Waals surface area (Å²) in [6, 6.07) is 8.00. The minimum atomic E-state index is -4.74. The van der Waals surface area contributed by atoms with Gasteiger partial charge < -0.3 is 14.7 Å². The number of carbonyl (C=O) groups is 1. The molecule has 1 unspecified atom stereocenters. The molecule has 1 amide bonds. The van der Waals surface area contributed by atoms with Crippen LogP contribution in [-0.4, -0.2) is 75.3 Å². The average molecular weight is 576 g/mol. The van der Waals surface area contributed by atoms with Crippen molar-refractivity contribution < 1.29 is 27.8 Å². The van der Waals surface area contributed by atoms with Crippen molar-refractivity contribution in [2.75, 3.05) is 33.9 Å². The van der Waals surface area contributed by atoms with E-state index >= 15 is 0 Å². The van der Waals surface area contributed by atoms with Gasteiger partial charge in [-0.15, -0.1) is 0 Å². The fraction of sp³-hybridized carbons (Fsp3) is 0.393. The maximum atomic E-state index is 14.3. The molecule has 4 aromatic rings. The van der Waals surface area contributed by atoms with E-state index in [2.05, 4.69) is 10.1 Å². The molecule has 8 nitrogen and oxygen atoms in total. The molecule has 0 aliphatic heterocycles. The third-order valence-corrected chi connectivity index (χ3v) is 7.66. The number of aliphatic hydroxyl groups excluding tert-OH is 1. The van der Waals surface area contributed by atoms with Crippen LogP contribution in [0.1, 0.15) is 47.1 Å². The van der Waals surface area contributed by atoms with Crippen molar-refractivity contribution in [1.82, 2.24) is 24.4 Å². The van der Waals surface area contributed by atoms with Crippen LogP contribution in [0.4, 0.5) is 13.2 Å². The van der Waals surface area contributed by atoms with Crippen LogP contribution < -0.4 is 4.74 Å². The zero-order chi connectivity index (χ0) is 29.2. The number of benzene rings is 1. The number of likely N-dealkylation sites (N-methyl/N-ethyl adjacent to an activating group) is 1. The van der Waals surface area contributed by atoms with E-state index in [9.17, 15) is 23.1 Å². The number of amides is 1. The number of rotatable bonds is 10. The number of hydrogen-bond acceptors (Lipinski definition) is 7. The minimum Gasteiger partial charge on any atom is -0.497 e. The van der Waals surface area contributed by atoms with E-state index < -0.39 is 17.8 Å². The van der Waals surface area contributed by atoms with Gasteiger partial charge in [0.05, 0.1) is 31.6 Å². The highest BCUT2D eigenvalue weighted by atomic mass is 32.1. The first-order chi connectivity index (χ1) is 19.0. The lowest BCUT2D eigenvalue weighted by molar-refractivity contribution is -0.143. The molecule has 0 radical (unpaired) electrons. The quantitative estimate of drug-likeness (QED) is 0.276. The third kappa shape index (κ3) is 5.84. The molecule has 0 spiro atoms. The summed E-state index contributed by atoms with van der Waals surface area (Å²) in [6.45, 7) is 5.66. The first-order valence-electron chi connectivity index (χ1n) is 12.7. The second-order valence-corrected chi connectivity index (χ2v) is 10.6. The Kier molecular flexibility index (Phi) is 8.81. The summed E-state index contributed by atoms with van der Waals surface area (Å²) in [4.78, 5) is 21.9. The highest BCUT2D eigenvalue weighted by Crippen LogP contribution is 2.37. The normalized spacial score (nSPS) is 12.9. The Morgan fingerprint density at radius 2 is 1.88 bits per heavy atom. The predicted octanol–water partition coefficient (Wildman–Crippen LogP) is 5.31. The van der Waals surface area contributed by atoms with Crippen LogP contribution in [0, 0.1) is 6.92 Å². The molecule has 12 heteroatoms. The summed E-state index contributed by atoms with van der Waals surface area (Å²) >= 11 is 1.53. The van der Waals surface area contributed by atoms with E-state index in [1.807, 2.05) is 42.6 Å². The summed E-state index contributed by atoms with van der Waals surface area (Å²) in [5.74, 6) is 0.0818. The standard InChI is InChI=1S/C28H32F3N5O3S/c1-17(2)35(12-11-34(4)23(15-37)20-10-13-40-16-20)27(38)22-14-32-36-25(28(29,30)31)18(3)24(33-26(22)36)19-6-8-21(39-5)9-7-19/h6-10,13-14,16-17,23,37H,11-12,15H2,1-5H3. The van der Waals surface area contributed by atoms with Crippen molar-refractivity contribution in [3.8, 4) is 17.0 Å². The van der Waals surface area contributed by atoms with Crippen LogP contribution in [0.3, 0.4) is 0 Å². The Morgan fingerprint density at radius 1 is 1.18 bits per heavy atom. The molecule has 0 aliphatic rings. The Hall–Kier alpha value is -3.48. The highest BCUT2D eigenvalue weighted by Gasteiger charge is 2.39. The van der Waals surface area contributed by atoms with E-state index in [-0.39, 0.29) is 47.7 Å². The average Bonchev–Trinajstić information content (AvgIpc) is 3.58. The Bertz CT molecular complexity index is 1450. The summed E-state index contributed by atoms with van der Waals surface area (Å²) < 4.78 is 48.8. The minimum absolute atomic E-state index is 0.0202. The van der Waals surface area contributed by atoms with Gasteiger partial charge in [0.25, 0.3) is 5.91 Å². The van der Waals surface area contributed by atoms with Gasteiger partial charge in [0.1, 0.15) is 11.3 Å². The topological polar surface area (TPSA) is 83.2 Å². The number of fused-ring (bicyclic) bond motifs is 1. The summed E-state index contributed by atoms with van der Waals surface area (Å²) in [5.41, 5.74) is 0.265. The molecule has 1 atom stereocenters. The summed E-state index contributed by atoms with van der Waals surface area (Å²) in [7, 11) is 3.36. The van der Waals surface area contributed by atoms with Gasteiger partial charge in [-0.1, -0.05) is 0 Å². The first-order valence-corrected chi connectivity index (χ1v) is 13.7. The van der Waals surface area contributed by atoms with Crippen LogP contribution in [0.5, 0.6) is 5.75 Å². The fourth-order valence-corrected chi connectivity index (χ4v) is 5.43. The lowest BCUT2D eigenvalue weighted by atomic mass is 10.0. The smallest absolute Gasteiger partial charge is 0.433 e. The van der Waals surface area contributed by atoms with Crippen molar-refractivity contribution in [3.63, 3.8) is 0 Å². The number of alkyl halides is 3. The maximum absolute atomic E-state index is 14.3. The van der Waals surface area contributed by atoms with Crippen LogP contribution >= 0.6 is 11.3 Å². The first kappa shape index (κ1) is 29.5. The number of hydrogen-bond donors (Lipinski definition) is 1. The van der Waals surface area contributed by atoms with E-state index in [1.165, 1.54) is 25.4 Å². The summed E-state index contributed by atoms with van der Waals surface area (Å²) in [6.07, 6.45) is -3.58. The highest BCUT2D eigenvalue weighted by molar-refractivity contribution is 7.08. The van der Waals surface area contributed by atoms with Crippen molar-refractivity contribution >= 4 is 22.9 Å². The van der Waals surface area contributed by atoms with Gasteiger partial charge in [0.2, 0.25) is 0 Å². The zero-order valence-corrected chi connectivity index (χ0v) is 23.8. The molecule has 1 aromatic carbocycles. The number of halogens is 3. The summed E-state index contributed by atoms with van der Waals surface area (Å²) in [5, 5.41) is 17.8. The second kappa shape index (κ2) is 11.9. The third-order valence-electron chi connectivity index (χ3n) is 6.96. The van der Waals surface area contributed by atoms with Crippen molar-refractivity contribution in [2.45, 2.75) is 39.0 Å². The lowest BCUT2D eigenvalue weighted by Gasteiger charge is -2.31. The van der Waals surface area contributed by atoms with Crippen molar-refractivity contribution in [1.29, 1.82) is 0 Å². The lowest BCUT2D eigenvalue weighted by Crippen LogP contribution is -2.42. The maximum Gasteiger partial charge on any atom is 0.433 e. The van der Waals surface area contributed by atoms with Crippen molar-refractivity contribution in [3.05, 3.63) is 69.7 Å². The van der Waals surface area contributed by atoms with Crippen LogP contribution in [0.15, 0.2) is 47.3 Å². The molecule has 3 heterocycles. The predicted molar refractivity (Wildman–Crippen MR) is 148 cm³/mol. The second-order valence-electron chi connectivity index (χ2n) is 9.78. The van der Waals surface area contributed by atoms with Crippen molar-refractivity contribution in [2.24, 2.45) is 0 Å². The van der Waals surface area contributed by atoms with Crippen LogP contribution in [0.25, 0.3) is 16.9 Å². The van der Waals surface area contributed by atoms with Crippen LogP contribution in [0.2, 0.25) is 0 Å². The molecular weight excluding hydrogens is 543 g/mol. The molecule has 0 saturated carbocycles. The van der Waals surface area contributed by atoms with Gasteiger partial charge in [-0.2, -0.15) is 29.6 Å². The Labute approximate surface area is 234 Å². The molecule has 0 fully saturated rings. The zero-order valence-electron chi connectivity index (χ0n) is 22.9. The molecule has 1 N–H and O–H groups in total. The number of ether oxygens (including phenoxy) is 1. The molecule has 0 bridgehead atoms. The molecule has 214 valence electrons. The number of aliphatic hydroxyl groups is 1. The van der Waals surface area contributed by atoms with Gasteiger partial charge in [-0.3, -0.25) is 9.69 Å². The number of aromatic nitrogens is 3. The molecule has 0 aliphatic carbocycles. The monoisotopic (exact) mass is 575 g/mol. The molecule has 4 rings (SSSR count). The number of nitrogens with zero attached hydrogens (tertiary/aromatic N) is 5. The molecule has 0 saturated heterocycles. The Balaban J connectivity index is 1.72. The largest absolute Gasteiger partial charge is 0.497 e. The van der Waals surface area contributed by atoms with Gasteiger partial charge in [0, 0.05) is 30.3 Å². The molecular formula is C28H32F3N5O3S. The Morgan fingerprint density at radius 3 is 2.42 bits per heavy atom. The molecule has 3 aromatic heterocycles. The van der Waals surface area contributed by atoms with Gasteiger partial charge >= 0.3 is 6.18 Å². The number of carbonyl (C=O) groups excluding carboxylic acids is 1. The van der Waals surface area contributed by atoms with Gasteiger partial charge in [-0.25, -0.2) is 9.50 Å². The van der Waals surface area contributed by atoms with E-state index in [1.54, 1.807) is 29.2 Å².